The van der Waals surface area contributed by atoms with Gasteiger partial charge in [0.05, 0.1) is 6.04 Å². The zero-order valence-corrected chi connectivity index (χ0v) is 17.2. The fourth-order valence-corrected chi connectivity index (χ4v) is 3.36. The number of rotatable bonds is 8. The molecule has 0 radical (unpaired) electrons. The lowest BCUT2D eigenvalue weighted by Crippen LogP contribution is -2.30. The molecule has 0 aliphatic heterocycles. The molecule has 3 rings (SSSR count). The van der Waals surface area contributed by atoms with E-state index in [2.05, 4.69) is 20.8 Å². The predicted molar refractivity (Wildman–Crippen MR) is 112 cm³/mol. The van der Waals surface area contributed by atoms with E-state index in [4.69, 9.17) is 16.3 Å². The zero-order chi connectivity index (χ0) is 20.6. The SMILES string of the molecule is CC(NC(=O)COCc1nnc(C(=O)Nc2cccc(Cl)c2)s1)c1ccccc1. The third kappa shape index (κ3) is 6.35. The highest BCUT2D eigenvalue weighted by Crippen LogP contribution is 2.17. The van der Waals surface area contributed by atoms with E-state index in [0.29, 0.717) is 15.7 Å². The van der Waals surface area contributed by atoms with Crippen LogP contribution in [0.5, 0.6) is 0 Å². The normalized spacial score (nSPS) is 11.7. The van der Waals surface area contributed by atoms with Crippen molar-refractivity contribution in [2.75, 3.05) is 11.9 Å². The third-order valence-electron chi connectivity index (χ3n) is 3.88. The molecule has 2 amide bonds. The Labute approximate surface area is 177 Å². The molecule has 0 aliphatic rings. The van der Waals surface area contributed by atoms with Crippen molar-refractivity contribution in [3.05, 3.63) is 75.2 Å². The minimum Gasteiger partial charge on any atom is -0.364 e. The molecule has 9 heteroatoms. The van der Waals surface area contributed by atoms with Crippen molar-refractivity contribution in [1.29, 1.82) is 0 Å². The number of amides is 2. The van der Waals surface area contributed by atoms with E-state index in [1.165, 1.54) is 0 Å². The fraction of sp³-hybridized carbons (Fsp3) is 0.200. The Morgan fingerprint density at radius 1 is 1.14 bits per heavy atom. The quantitative estimate of drug-likeness (QED) is 0.566. The summed E-state index contributed by atoms with van der Waals surface area (Å²) < 4.78 is 5.39. The minimum absolute atomic E-state index is 0.0925. The Kier molecular flexibility index (Phi) is 7.29. The van der Waals surface area contributed by atoms with Gasteiger partial charge >= 0.3 is 0 Å². The molecule has 0 aliphatic carbocycles. The van der Waals surface area contributed by atoms with Crippen molar-refractivity contribution in [3.8, 4) is 0 Å². The topological polar surface area (TPSA) is 93.2 Å². The molecule has 1 atom stereocenters. The summed E-state index contributed by atoms with van der Waals surface area (Å²) in [5.74, 6) is -0.616. The van der Waals surface area contributed by atoms with Gasteiger partial charge in [0.2, 0.25) is 10.9 Å². The maximum Gasteiger partial charge on any atom is 0.286 e. The molecule has 0 bridgehead atoms. The van der Waals surface area contributed by atoms with Crippen LogP contribution < -0.4 is 10.6 Å². The first-order valence-electron chi connectivity index (χ1n) is 8.82. The summed E-state index contributed by atoms with van der Waals surface area (Å²) in [6, 6.07) is 16.4. The van der Waals surface area contributed by atoms with Crippen LogP contribution in [-0.4, -0.2) is 28.6 Å². The van der Waals surface area contributed by atoms with Crippen molar-refractivity contribution in [1.82, 2.24) is 15.5 Å². The molecule has 0 spiro atoms. The number of ether oxygens (including phenoxy) is 1. The molecule has 0 fully saturated rings. The van der Waals surface area contributed by atoms with Gasteiger partial charge in [-0.25, -0.2) is 0 Å². The molecule has 1 aromatic heterocycles. The number of anilines is 1. The number of hydrogen-bond acceptors (Lipinski definition) is 6. The summed E-state index contributed by atoms with van der Waals surface area (Å²) in [7, 11) is 0. The van der Waals surface area contributed by atoms with Crippen LogP contribution in [0.1, 0.15) is 33.3 Å². The zero-order valence-electron chi connectivity index (χ0n) is 15.6. The molecular weight excluding hydrogens is 412 g/mol. The number of nitrogens with zero attached hydrogens (tertiary/aromatic N) is 2. The highest BCUT2D eigenvalue weighted by Gasteiger charge is 2.14. The number of hydrogen-bond donors (Lipinski definition) is 2. The Balaban J connectivity index is 1.44. The van der Waals surface area contributed by atoms with Crippen molar-refractivity contribution in [3.63, 3.8) is 0 Å². The van der Waals surface area contributed by atoms with Crippen LogP contribution in [-0.2, 0) is 16.1 Å². The lowest BCUT2D eigenvalue weighted by molar-refractivity contribution is -0.126. The molecule has 0 saturated carbocycles. The number of aromatic nitrogens is 2. The number of benzene rings is 2. The minimum atomic E-state index is -0.384. The Bertz CT molecular complexity index is 981. The molecular formula is C20H19ClN4O3S. The van der Waals surface area contributed by atoms with Gasteiger partial charge in [0.1, 0.15) is 18.2 Å². The number of carbonyl (C=O) groups excluding carboxylic acids is 2. The van der Waals surface area contributed by atoms with Crippen LogP contribution >= 0.6 is 22.9 Å². The van der Waals surface area contributed by atoms with Gasteiger partial charge in [0.15, 0.2) is 0 Å². The van der Waals surface area contributed by atoms with Gasteiger partial charge in [0, 0.05) is 10.7 Å². The largest absolute Gasteiger partial charge is 0.364 e. The van der Waals surface area contributed by atoms with Crippen LogP contribution in [0.3, 0.4) is 0 Å². The first-order valence-corrected chi connectivity index (χ1v) is 10.0. The van der Waals surface area contributed by atoms with Crippen molar-refractivity contribution in [2.24, 2.45) is 0 Å². The van der Waals surface area contributed by atoms with E-state index in [1.54, 1.807) is 24.3 Å². The number of nitrogens with one attached hydrogen (secondary N) is 2. The Morgan fingerprint density at radius 2 is 1.93 bits per heavy atom. The maximum atomic E-state index is 12.2. The standard InChI is InChI=1S/C20H19ClN4O3S/c1-13(14-6-3-2-4-7-14)22-17(26)11-28-12-18-24-25-20(29-18)19(27)23-16-9-5-8-15(21)10-16/h2-10,13H,11-12H2,1H3,(H,22,26)(H,23,27). The average molecular weight is 431 g/mol. The first kappa shape index (κ1) is 20.9. The average Bonchev–Trinajstić information content (AvgIpc) is 3.18. The predicted octanol–water partition coefficient (Wildman–Crippen LogP) is 3.84. The summed E-state index contributed by atoms with van der Waals surface area (Å²) in [6.45, 7) is 1.89. The van der Waals surface area contributed by atoms with Gasteiger partial charge < -0.3 is 15.4 Å². The van der Waals surface area contributed by atoms with Crippen molar-refractivity contribution < 1.29 is 14.3 Å². The van der Waals surface area contributed by atoms with Crippen LogP contribution in [0.25, 0.3) is 0 Å². The Hall–Kier alpha value is -2.81. The lowest BCUT2D eigenvalue weighted by Gasteiger charge is -2.14. The smallest absolute Gasteiger partial charge is 0.286 e. The molecule has 1 unspecified atom stereocenters. The molecule has 1 heterocycles. The fourth-order valence-electron chi connectivity index (χ4n) is 2.49. The molecule has 3 aromatic rings. The lowest BCUT2D eigenvalue weighted by atomic mass is 10.1. The summed E-state index contributed by atoms with van der Waals surface area (Å²) >= 11 is 7.00. The summed E-state index contributed by atoms with van der Waals surface area (Å²) in [4.78, 5) is 24.2. The monoisotopic (exact) mass is 430 g/mol. The Morgan fingerprint density at radius 3 is 2.69 bits per heavy atom. The summed E-state index contributed by atoms with van der Waals surface area (Å²) in [6.07, 6.45) is 0. The first-order chi connectivity index (χ1) is 14.0. The second-order valence-corrected chi connectivity index (χ2v) is 7.66. The van der Waals surface area contributed by atoms with E-state index in [0.717, 1.165) is 16.9 Å². The molecule has 2 N–H and O–H groups in total. The van der Waals surface area contributed by atoms with Crippen LogP contribution in [0.2, 0.25) is 5.02 Å². The highest BCUT2D eigenvalue weighted by atomic mass is 35.5. The summed E-state index contributed by atoms with van der Waals surface area (Å²) in [5.41, 5.74) is 1.58. The van der Waals surface area contributed by atoms with Crippen LogP contribution in [0.4, 0.5) is 5.69 Å². The summed E-state index contributed by atoms with van der Waals surface area (Å²) in [5, 5.41) is 14.6. The maximum absolute atomic E-state index is 12.2. The molecule has 29 heavy (non-hydrogen) atoms. The van der Waals surface area contributed by atoms with Gasteiger partial charge in [-0.05, 0) is 30.7 Å². The molecule has 150 valence electrons. The van der Waals surface area contributed by atoms with E-state index >= 15 is 0 Å². The number of halogens is 1. The van der Waals surface area contributed by atoms with Crippen LogP contribution in [0.15, 0.2) is 54.6 Å². The van der Waals surface area contributed by atoms with E-state index in [1.807, 2.05) is 37.3 Å². The molecule has 0 saturated heterocycles. The van der Waals surface area contributed by atoms with Crippen molar-refractivity contribution >= 4 is 40.4 Å². The van der Waals surface area contributed by atoms with Gasteiger partial charge in [-0.15, -0.1) is 10.2 Å². The molecule has 2 aromatic carbocycles. The highest BCUT2D eigenvalue weighted by molar-refractivity contribution is 7.13. The number of carbonyl (C=O) groups is 2. The van der Waals surface area contributed by atoms with Gasteiger partial charge in [0.25, 0.3) is 5.91 Å². The van der Waals surface area contributed by atoms with E-state index in [-0.39, 0.29) is 36.1 Å². The second-order valence-electron chi connectivity index (χ2n) is 6.16. The van der Waals surface area contributed by atoms with Gasteiger partial charge in [-0.3, -0.25) is 9.59 Å². The van der Waals surface area contributed by atoms with Crippen LogP contribution in [0, 0.1) is 0 Å². The van der Waals surface area contributed by atoms with Gasteiger partial charge in [-0.2, -0.15) is 0 Å². The van der Waals surface area contributed by atoms with Gasteiger partial charge in [-0.1, -0.05) is 59.3 Å². The third-order valence-corrected chi connectivity index (χ3v) is 5.01. The van der Waals surface area contributed by atoms with E-state index < -0.39 is 0 Å². The second kappa shape index (κ2) is 10.1. The van der Waals surface area contributed by atoms with Crippen molar-refractivity contribution in [2.45, 2.75) is 19.6 Å². The van der Waals surface area contributed by atoms with E-state index in [9.17, 15) is 9.59 Å². The molecule has 7 nitrogen and oxygen atoms in total.